The molecule has 4 heterocycles. The van der Waals surface area contributed by atoms with Crippen LogP contribution in [0, 0.1) is 13.8 Å². The van der Waals surface area contributed by atoms with Crippen molar-refractivity contribution in [3.8, 4) is 11.4 Å². The van der Waals surface area contributed by atoms with E-state index < -0.39 is 0 Å². The third-order valence-electron chi connectivity index (χ3n) is 7.14. The third-order valence-corrected chi connectivity index (χ3v) is 7.73. The zero-order chi connectivity index (χ0) is 25.2. The number of thiocarbonyl (C=S) groups is 1. The lowest BCUT2D eigenvalue weighted by Gasteiger charge is -2.30. The number of nitrogens with one attached hydrogen (secondary N) is 1. The quantitative estimate of drug-likeness (QED) is 0.439. The van der Waals surface area contributed by atoms with Crippen LogP contribution in [0.25, 0.3) is 5.69 Å². The number of benzene rings is 1. The minimum atomic E-state index is -0.0796. The van der Waals surface area contributed by atoms with Crippen molar-refractivity contribution in [1.29, 1.82) is 0 Å². The molecule has 2 saturated heterocycles. The van der Waals surface area contributed by atoms with E-state index in [4.69, 9.17) is 28.6 Å². The number of hydrogen-bond acceptors (Lipinski definition) is 5. The van der Waals surface area contributed by atoms with Crippen LogP contribution in [0.2, 0.25) is 5.02 Å². The van der Waals surface area contributed by atoms with Crippen molar-refractivity contribution in [2.24, 2.45) is 0 Å². The fourth-order valence-electron chi connectivity index (χ4n) is 5.41. The fourth-order valence-corrected chi connectivity index (χ4v) is 5.91. The first-order valence-corrected chi connectivity index (χ1v) is 13.2. The van der Waals surface area contributed by atoms with Crippen LogP contribution in [0.5, 0.6) is 5.75 Å². The number of morpholine rings is 1. The molecule has 2 N–H and O–H groups in total. The second-order valence-corrected chi connectivity index (χ2v) is 10.2. The van der Waals surface area contributed by atoms with Crippen molar-refractivity contribution in [2.75, 3.05) is 39.4 Å². The molecule has 0 amide bonds. The van der Waals surface area contributed by atoms with Gasteiger partial charge in [-0.15, -0.1) is 0 Å². The van der Waals surface area contributed by atoms with Crippen LogP contribution in [0.15, 0.2) is 48.7 Å². The molecule has 0 saturated carbocycles. The molecule has 9 heteroatoms. The predicted octanol–water partition coefficient (Wildman–Crippen LogP) is 4.54. The Morgan fingerprint density at radius 1 is 1.14 bits per heavy atom. The molecule has 1 aromatic carbocycles. The molecular formula is C27H32ClN5O2S. The lowest BCUT2D eigenvalue weighted by molar-refractivity contribution is 0.0365. The summed E-state index contributed by atoms with van der Waals surface area (Å²) in [5.74, 6) is 0.191. The average Bonchev–Trinajstić information content (AvgIpc) is 3.36. The Kier molecular flexibility index (Phi) is 7.48. The van der Waals surface area contributed by atoms with Crippen LogP contribution in [0.1, 0.15) is 41.1 Å². The Morgan fingerprint density at radius 2 is 1.94 bits per heavy atom. The summed E-state index contributed by atoms with van der Waals surface area (Å²) in [4.78, 5) is 9.42. The van der Waals surface area contributed by atoms with Gasteiger partial charge in [-0.2, -0.15) is 0 Å². The number of halogens is 1. The number of ether oxygens (including phenoxy) is 1. The SMILES string of the molecule is Cc1cc([C@H]2[C@@H](c3ccccn3)NC(=S)N2CCCN2CCOCC2)c(C)n1-c1cc(Cl)ccc1O. The highest BCUT2D eigenvalue weighted by Gasteiger charge is 2.41. The molecule has 5 rings (SSSR count). The molecule has 2 atom stereocenters. The molecule has 2 aliphatic heterocycles. The van der Waals surface area contributed by atoms with Crippen LogP contribution in [-0.2, 0) is 4.74 Å². The van der Waals surface area contributed by atoms with Gasteiger partial charge in [-0.25, -0.2) is 0 Å². The van der Waals surface area contributed by atoms with Crippen LogP contribution < -0.4 is 5.32 Å². The Balaban J connectivity index is 1.50. The van der Waals surface area contributed by atoms with Gasteiger partial charge in [0.15, 0.2) is 5.11 Å². The van der Waals surface area contributed by atoms with E-state index in [1.54, 1.807) is 18.2 Å². The first-order chi connectivity index (χ1) is 17.4. The number of nitrogens with zero attached hydrogens (tertiary/aromatic N) is 4. The highest BCUT2D eigenvalue weighted by atomic mass is 35.5. The van der Waals surface area contributed by atoms with Gasteiger partial charge in [-0.3, -0.25) is 9.88 Å². The number of hydrogen-bond donors (Lipinski definition) is 2. The van der Waals surface area contributed by atoms with Gasteiger partial charge in [0.05, 0.1) is 36.7 Å². The number of rotatable bonds is 7. The lowest BCUT2D eigenvalue weighted by Crippen LogP contribution is -2.39. The molecule has 2 fully saturated rings. The van der Waals surface area contributed by atoms with Crippen LogP contribution in [-0.4, -0.2) is 69.0 Å². The van der Waals surface area contributed by atoms with Gasteiger partial charge >= 0.3 is 0 Å². The zero-order valence-electron chi connectivity index (χ0n) is 20.7. The second-order valence-electron chi connectivity index (χ2n) is 9.42. The molecule has 190 valence electrons. The summed E-state index contributed by atoms with van der Waals surface area (Å²) in [5.41, 5.74) is 4.84. The molecule has 7 nitrogen and oxygen atoms in total. The first-order valence-electron chi connectivity index (χ1n) is 12.4. The minimum Gasteiger partial charge on any atom is -0.506 e. The molecule has 0 bridgehead atoms. The molecule has 0 aliphatic carbocycles. The first kappa shape index (κ1) is 25.0. The van der Waals surface area contributed by atoms with Crippen molar-refractivity contribution in [2.45, 2.75) is 32.4 Å². The number of phenols is 1. The summed E-state index contributed by atoms with van der Waals surface area (Å²) < 4.78 is 7.56. The fraction of sp³-hybridized carbons (Fsp3) is 0.407. The summed E-state index contributed by atoms with van der Waals surface area (Å²) in [5, 5.41) is 15.5. The van der Waals surface area contributed by atoms with E-state index in [2.05, 4.69) is 44.6 Å². The van der Waals surface area contributed by atoms with Crippen molar-refractivity contribution >= 4 is 28.9 Å². The monoisotopic (exact) mass is 525 g/mol. The molecular weight excluding hydrogens is 494 g/mol. The summed E-state index contributed by atoms with van der Waals surface area (Å²) in [6.07, 6.45) is 2.83. The van der Waals surface area contributed by atoms with Crippen molar-refractivity contribution < 1.29 is 9.84 Å². The molecule has 0 unspecified atom stereocenters. The summed E-state index contributed by atoms with van der Waals surface area (Å²) in [6.45, 7) is 9.55. The molecule has 0 radical (unpaired) electrons. The predicted molar refractivity (Wildman–Crippen MR) is 146 cm³/mol. The van der Waals surface area contributed by atoms with Crippen molar-refractivity contribution in [3.63, 3.8) is 0 Å². The van der Waals surface area contributed by atoms with E-state index >= 15 is 0 Å². The number of pyridine rings is 1. The van der Waals surface area contributed by atoms with Gasteiger partial charge in [0.2, 0.25) is 0 Å². The molecule has 0 spiro atoms. The van der Waals surface area contributed by atoms with Crippen LogP contribution in [0.4, 0.5) is 0 Å². The number of aryl methyl sites for hydroxylation is 1. The van der Waals surface area contributed by atoms with Crippen molar-refractivity contribution in [1.82, 2.24) is 24.7 Å². The highest BCUT2D eigenvalue weighted by molar-refractivity contribution is 7.80. The summed E-state index contributed by atoms with van der Waals surface area (Å²) in [6, 6.07) is 13.2. The average molecular weight is 526 g/mol. The van der Waals surface area contributed by atoms with Crippen molar-refractivity contribution in [3.05, 3.63) is 76.3 Å². The van der Waals surface area contributed by atoms with E-state index in [9.17, 15) is 5.11 Å². The van der Waals surface area contributed by atoms with Gasteiger partial charge in [0.25, 0.3) is 0 Å². The molecule has 36 heavy (non-hydrogen) atoms. The van der Waals surface area contributed by atoms with Crippen LogP contribution >= 0.6 is 23.8 Å². The Morgan fingerprint density at radius 3 is 2.69 bits per heavy atom. The van der Waals surface area contributed by atoms with Gasteiger partial charge < -0.3 is 24.6 Å². The largest absolute Gasteiger partial charge is 0.506 e. The Labute approximate surface area is 222 Å². The smallest absolute Gasteiger partial charge is 0.170 e. The Hall–Kier alpha value is -2.65. The molecule has 2 aromatic heterocycles. The van der Waals surface area contributed by atoms with E-state index in [0.717, 1.165) is 73.6 Å². The second kappa shape index (κ2) is 10.8. The highest BCUT2D eigenvalue weighted by Crippen LogP contribution is 2.42. The standard InChI is InChI=1S/C27H32ClN5O2S/c1-18-16-21(19(2)33(18)23-17-20(28)7-8-24(23)34)26-25(22-6-3-4-9-29-22)30-27(36)32(26)11-5-10-31-12-14-35-15-13-31/h3-4,6-9,16-17,25-26,34H,5,10-15H2,1-2H3,(H,30,36)/t25-,26+/m1/s1. The lowest BCUT2D eigenvalue weighted by atomic mass is 9.96. The molecule has 2 aliphatic rings. The van der Waals surface area contributed by atoms with Crippen LogP contribution in [0.3, 0.4) is 0 Å². The number of aromatic hydroxyl groups is 1. The van der Waals surface area contributed by atoms with Gasteiger partial charge in [0, 0.05) is 48.8 Å². The normalized spacial score (nSPS) is 20.6. The number of phenolic OH excluding ortho intramolecular Hbond substituents is 1. The third kappa shape index (κ3) is 4.95. The maximum absolute atomic E-state index is 10.6. The summed E-state index contributed by atoms with van der Waals surface area (Å²) >= 11 is 12.2. The van der Waals surface area contributed by atoms with Gasteiger partial charge in [-0.05, 0) is 74.4 Å². The Bertz CT molecular complexity index is 1230. The topological polar surface area (TPSA) is 65.8 Å². The van der Waals surface area contributed by atoms with E-state index in [1.807, 2.05) is 24.4 Å². The number of aromatic nitrogens is 2. The maximum atomic E-state index is 10.6. The van der Waals surface area contributed by atoms with Gasteiger partial charge in [0.1, 0.15) is 5.75 Å². The summed E-state index contributed by atoms with van der Waals surface area (Å²) in [7, 11) is 0. The zero-order valence-corrected chi connectivity index (χ0v) is 22.2. The van der Waals surface area contributed by atoms with E-state index in [1.165, 1.54) is 0 Å². The minimum absolute atomic E-state index is 0.0293. The van der Waals surface area contributed by atoms with Gasteiger partial charge in [-0.1, -0.05) is 17.7 Å². The molecule has 3 aromatic rings. The maximum Gasteiger partial charge on any atom is 0.170 e. The van der Waals surface area contributed by atoms with E-state index in [0.29, 0.717) is 10.7 Å². The van der Waals surface area contributed by atoms with E-state index in [-0.39, 0.29) is 17.8 Å².